The van der Waals surface area contributed by atoms with Crippen molar-refractivity contribution in [1.29, 1.82) is 0 Å². The molecule has 0 atom stereocenters. The van der Waals surface area contributed by atoms with Gasteiger partial charge in [-0.1, -0.05) is 35.5 Å². The molecule has 3 rings (SSSR count). The molecule has 0 bridgehead atoms. The van der Waals surface area contributed by atoms with Crippen LogP contribution < -0.4 is 0 Å². The summed E-state index contributed by atoms with van der Waals surface area (Å²) in [4.78, 5) is 19.8. The van der Waals surface area contributed by atoms with Gasteiger partial charge >= 0.3 is 5.97 Å². The fourth-order valence-corrected chi connectivity index (χ4v) is 1.83. The third-order valence-corrected chi connectivity index (χ3v) is 2.96. The summed E-state index contributed by atoms with van der Waals surface area (Å²) in [5.41, 5.74) is 2.35. The van der Waals surface area contributed by atoms with Crippen molar-refractivity contribution in [3.05, 3.63) is 65.9 Å². The highest BCUT2D eigenvalue weighted by molar-refractivity contribution is 5.86. The predicted octanol–water partition coefficient (Wildman–Crippen LogP) is 2.80. The first-order chi connectivity index (χ1) is 10.7. The average Bonchev–Trinajstić information content (AvgIpc) is 3.03. The maximum Gasteiger partial charge on any atom is 0.358 e. The molecule has 2 heterocycles. The molecule has 1 aromatic carbocycles. The van der Waals surface area contributed by atoms with Crippen LogP contribution in [0.5, 0.6) is 0 Å². The highest BCUT2D eigenvalue weighted by Crippen LogP contribution is 2.20. The molecule has 0 unspecified atom stereocenters. The SMILES string of the molecule is Cc1cnc(C(=O)OCc2cc(-c3ccccc3)on2)cn1. The largest absolute Gasteiger partial charge is 0.454 e. The maximum atomic E-state index is 11.8. The van der Waals surface area contributed by atoms with Gasteiger partial charge < -0.3 is 9.26 Å². The van der Waals surface area contributed by atoms with E-state index < -0.39 is 5.97 Å². The summed E-state index contributed by atoms with van der Waals surface area (Å²) in [6.45, 7) is 1.81. The summed E-state index contributed by atoms with van der Waals surface area (Å²) in [5.74, 6) is 0.0820. The number of rotatable bonds is 4. The molecule has 2 aromatic heterocycles. The Hall–Kier alpha value is -3.02. The minimum absolute atomic E-state index is 0.0186. The van der Waals surface area contributed by atoms with Crippen molar-refractivity contribution >= 4 is 5.97 Å². The average molecular weight is 295 g/mol. The lowest BCUT2D eigenvalue weighted by atomic mass is 10.2. The van der Waals surface area contributed by atoms with E-state index >= 15 is 0 Å². The molecule has 0 spiro atoms. The number of benzene rings is 1. The van der Waals surface area contributed by atoms with Crippen molar-refractivity contribution in [2.75, 3.05) is 0 Å². The van der Waals surface area contributed by atoms with E-state index in [1.807, 2.05) is 30.3 Å². The molecule has 0 radical (unpaired) electrons. The van der Waals surface area contributed by atoms with Crippen molar-refractivity contribution < 1.29 is 14.1 Å². The minimum Gasteiger partial charge on any atom is -0.454 e. The summed E-state index contributed by atoms with van der Waals surface area (Å²) < 4.78 is 10.4. The zero-order chi connectivity index (χ0) is 15.4. The van der Waals surface area contributed by atoms with E-state index in [0.717, 1.165) is 11.3 Å². The molecule has 6 nitrogen and oxygen atoms in total. The Labute approximate surface area is 126 Å². The number of hydrogen-bond acceptors (Lipinski definition) is 6. The zero-order valence-electron chi connectivity index (χ0n) is 11.9. The minimum atomic E-state index is -0.545. The Morgan fingerprint density at radius 1 is 1.18 bits per heavy atom. The highest BCUT2D eigenvalue weighted by Gasteiger charge is 2.12. The third kappa shape index (κ3) is 3.17. The fraction of sp³-hybridized carbons (Fsp3) is 0.125. The quantitative estimate of drug-likeness (QED) is 0.689. The first-order valence-electron chi connectivity index (χ1n) is 6.69. The number of hydrogen-bond donors (Lipinski definition) is 0. The van der Waals surface area contributed by atoms with Crippen LogP contribution in [0, 0.1) is 6.92 Å². The molecule has 0 saturated heterocycles. The van der Waals surface area contributed by atoms with E-state index in [1.165, 1.54) is 12.4 Å². The molecule has 0 aliphatic rings. The molecular formula is C16H13N3O3. The summed E-state index contributed by atoms with van der Waals surface area (Å²) in [6, 6.07) is 11.3. The monoisotopic (exact) mass is 295 g/mol. The van der Waals surface area contributed by atoms with Gasteiger partial charge in [0.2, 0.25) is 0 Å². The standard InChI is InChI=1S/C16H13N3O3/c1-11-8-18-14(9-17-11)16(20)21-10-13-7-15(22-19-13)12-5-3-2-4-6-12/h2-9H,10H2,1H3. The van der Waals surface area contributed by atoms with Crippen LogP contribution in [0.1, 0.15) is 21.9 Å². The van der Waals surface area contributed by atoms with Gasteiger partial charge in [0.1, 0.15) is 12.3 Å². The molecule has 0 aliphatic carbocycles. The van der Waals surface area contributed by atoms with Crippen molar-refractivity contribution in [3.8, 4) is 11.3 Å². The molecule has 0 N–H and O–H groups in total. The number of carbonyl (C=O) groups is 1. The van der Waals surface area contributed by atoms with Crippen molar-refractivity contribution in [2.24, 2.45) is 0 Å². The summed E-state index contributed by atoms with van der Waals surface area (Å²) in [5, 5.41) is 3.88. The lowest BCUT2D eigenvalue weighted by Crippen LogP contribution is -2.08. The van der Waals surface area contributed by atoms with E-state index in [9.17, 15) is 4.79 Å². The molecule has 22 heavy (non-hydrogen) atoms. The van der Waals surface area contributed by atoms with E-state index in [1.54, 1.807) is 13.0 Å². The van der Waals surface area contributed by atoms with Gasteiger partial charge in [0, 0.05) is 17.8 Å². The van der Waals surface area contributed by atoms with Crippen LogP contribution in [0.4, 0.5) is 0 Å². The van der Waals surface area contributed by atoms with Crippen LogP contribution in [0.15, 0.2) is 53.3 Å². The second-order valence-electron chi connectivity index (χ2n) is 4.67. The maximum absolute atomic E-state index is 11.8. The molecule has 110 valence electrons. The smallest absolute Gasteiger partial charge is 0.358 e. The second-order valence-corrected chi connectivity index (χ2v) is 4.67. The number of ether oxygens (including phenoxy) is 1. The van der Waals surface area contributed by atoms with Gasteiger partial charge in [-0.25, -0.2) is 9.78 Å². The van der Waals surface area contributed by atoms with Gasteiger partial charge in [-0.15, -0.1) is 0 Å². The highest BCUT2D eigenvalue weighted by atomic mass is 16.5. The van der Waals surface area contributed by atoms with Gasteiger partial charge in [-0.05, 0) is 6.92 Å². The molecule has 6 heteroatoms. The van der Waals surface area contributed by atoms with E-state index in [0.29, 0.717) is 11.5 Å². The van der Waals surface area contributed by atoms with Gasteiger partial charge in [0.05, 0.1) is 11.9 Å². The predicted molar refractivity (Wildman–Crippen MR) is 77.8 cm³/mol. The normalized spacial score (nSPS) is 10.4. The van der Waals surface area contributed by atoms with Crippen LogP contribution in [-0.2, 0) is 11.3 Å². The summed E-state index contributed by atoms with van der Waals surface area (Å²) in [6.07, 6.45) is 2.90. The van der Waals surface area contributed by atoms with Gasteiger partial charge in [-0.2, -0.15) is 0 Å². The molecular weight excluding hydrogens is 282 g/mol. The summed E-state index contributed by atoms with van der Waals surface area (Å²) in [7, 11) is 0. The van der Waals surface area contributed by atoms with Crippen LogP contribution in [-0.4, -0.2) is 21.1 Å². The van der Waals surface area contributed by atoms with Crippen molar-refractivity contribution in [2.45, 2.75) is 13.5 Å². The van der Waals surface area contributed by atoms with Crippen molar-refractivity contribution in [1.82, 2.24) is 15.1 Å². The Morgan fingerprint density at radius 2 is 2.00 bits per heavy atom. The first-order valence-corrected chi connectivity index (χ1v) is 6.69. The summed E-state index contributed by atoms with van der Waals surface area (Å²) >= 11 is 0. The van der Waals surface area contributed by atoms with E-state index in [4.69, 9.17) is 9.26 Å². The fourth-order valence-electron chi connectivity index (χ4n) is 1.83. The van der Waals surface area contributed by atoms with Crippen molar-refractivity contribution in [3.63, 3.8) is 0 Å². The number of aryl methyl sites for hydroxylation is 1. The first kappa shape index (κ1) is 13.9. The van der Waals surface area contributed by atoms with Crippen LogP contribution in [0.25, 0.3) is 11.3 Å². The van der Waals surface area contributed by atoms with Crippen LogP contribution in [0.3, 0.4) is 0 Å². The number of nitrogens with zero attached hydrogens (tertiary/aromatic N) is 3. The van der Waals surface area contributed by atoms with Gasteiger partial charge in [0.15, 0.2) is 11.5 Å². The second kappa shape index (κ2) is 6.17. The molecule has 0 saturated carbocycles. The van der Waals surface area contributed by atoms with Gasteiger partial charge in [0.25, 0.3) is 0 Å². The molecule has 0 amide bonds. The molecule has 3 aromatic rings. The van der Waals surface area contributed by atoms with Crippen LogP contribution in [0.2, 0.25) is 0 Å². The number of aromatic nitrogens is 3. The molecule has 0 aliphatic heterocycles. The zero-order valence-corrected chi connectivity index (χ0v) is 11.9. The Kier molecular flexibility index (Phi) is 3.91. The van der Waals surface area contributed by atoms with E-state index in [-0.39, 0.29) is 12.3 Å². The topological polar surface area (TPSA) is 78.1 Å². The van der Waals surface area contributed by atoms with Crippen LogP contribution >= 0.6 is 0 Å². The number of esters is 1. The lowest BCUT2D eigenvalue weighted by molar-refractivity contribution is 0.0456. The Balaban J connectivity index is 1.64. The Morgan fingerprint density at radius 3 is 2.73 bits per heavy atom. The van der Waals surface area contributed by atoms with E-state index in [2.05, 4.69) is 15.1 Å². The molecule has 0 fully saturated rings. The third-order valence-electron chi connectivity index (χ3n) is 2.96. The number of carbonyl (C=O) groups excluding carboxylic acids is 1. The Bertz CT molecular complexity index is 767. The van der Waals surface area contributed by atoms with Gasteiger partial charge in [-0.3, -0.25) is 4.98 Å². The lowest BCUT2D eigenvalue weighted by Gasteiger charge is -2.01.